The Balaban J connectivity index is 3.67. The minimum Gasteiger partial charge on any atom is -0.350 e. The fourth-order valence-corrected chi connectivity index (χ4v) is 0.405. The first-order chi connectivity index (χ1) is 4.66. The predicted octanol–water partition coefficient (Wildman–Crippen LogP) is 0.607. The Bertz CT molecular complexity index is 162. The molecule has 0 spiro atoms. The van der Waals surface area contributed by atoms with Gasteiger partial charge in [-0.05, 0) is 6.92 Å². The number of hydrazone groups is 1. The highest BCUT2D eigenvalue weighted by molar-refractivity contribution is 5.84. The topological polar surface area (TPSA) is 67.5 Å². The molecule has 0 atom stereocenters. The van der Waals surface area contributed by atoms with Crippen LogP contribution in [0.1, 0.15) is 13.3 Å². The molecular weight excluding hydrogens is 130 g/mol. The number of hydrogen-bond acceptors (Lipinski definition) is 2. The van der Waals surface area contributed by atoms with Gasteiger partial charge in [0.25, 0.3) is 0 Å². The first-order valence-electron chi connectivity index (χ1n) is 2.86. The highest BCUT2D eigenvalue weighted by atomic mass is 16.2. The fourth-order valence-electron chi connectivity index (χ4n) is 0.405. The van der Waals surface area contributed by atoms with Crippen LogP contribution in [0, 0.1) is 0 Å². The number of urea groups is 1. The van der Waals surface area contributed by atoms with Crippen LogP contribution in [0.25, 0.3) is 0 Å². The Labute approximate surface area is 59.8 Å². The average Bonchev–Trinajstić information content (AvgIpc) is 1.85. The van der Waals surface area contributed by atoms with Crippen molar-refractivity contribution in [2.75, 3.05) is 0 Å². The van der Waals surface area contributed by atoms with Crippen LogP contribution in [-0.4, -0.2) is 11.7 Å². The molecule has 0 fully saturated rings. The van der Waals surface area contributed by atoms with Gasteiger partial charge in [0.15, 0.2) is 0 Å². The summed E-state index contributed by atoms with van der Waals surface area (Å²) in [5.74, 6) is 0. The molecule has 0 bridgehead atoms. The van der Waals surface area contributed by atoms with E-state index in [-0.39, 0.29) is 0 Å². The monoisotopic (exact) mass is 141 g/mol. The van der Waals surface area contributed by atoms with Crippen molar-refractivity contribution in [2.45, 2.75) is 13.3 Å². The van der Waals surface area contributed by atoms with Gasteiger partial charge in [-0.3, -0.25) is 0 Å². The van der Waals surface area contributed by atoms with Gasteiger partial charge in [-0.2, -0.15) is 5.10 Å². The molecule has 0 aromatic rings. The van der Waals surface area contributed by atoms with E-state index in [9.17, 15) is 4.79 Å². The van der Waals surface area contributed by atoms with E-state index in [4.69, 9.17) is 5.73 Å². The van der Waals surface area contributed by atoms with Gasteiger partial charge in [0.05, 0.1) is 0 Å². The lowest BCUT2D eigenvalue weighted by Gasteiger charge is -1.94. The van der Waals surface area contributed by atoms with Crippen molar-refractivity contribution in [2.24, 2.45) is 10.8 Å². The van der Waals surface area contributed by atoms with Crippen molar-refractivity contribution in [1.82, 2.24) is 5.43 Å². The lowest BCUT2D eigenvalue weighted by atomic mass is 10.3. The van der Waals surface area contributed by atoms with E-state index in [1.54, 1.807) is 13.0 Å². The lowest BCUT2D eigenvalue weighted by molar-refractivity contribution is 0.249. The van der Waals surface area contributed by atoms with Crippen LogP contribution in [0.3, 0.4) is 0 Å². The molecule has 0 unspecified atom stereocenters. The maximum absolute atomic E-state index is 10.1. The standard InChI is InChI=1S/C6H11N3O/c1-3-4-5(2)8-9-6(7)10/h3H,1,4H2,2H3,(H3,7,9,10)/b8-5+. The van der Waals surface area contributed by atoms with Gasteiger partial charge in [0.2, 0.25) is 0 Å². The van der Waals surface area contributed by atoms with Crippen molar-refractivity contribution in [1.29, 1.82) is 0 Å². The zero-order valence-electron chi connectivity index (χ0n) is 5.92. The number of nitrogens with zero attached hydrogens (tertiary/aromatic N) is 1. The molecule has 0 radical (unpaired) electrons. The van der Waals surface area contributed by atoms with Crippen molar-refractivity contribution in [3.05, 3.63) is 12.7 Å². The van der Waals surface area contributed by atoms with E-state index in [1.165, 1.54) is 0 Å². The van der Waals surface area contributed by atoms with Crippen LogP contribution in [0.5, 0.6) is 0 Å². The Hall–Kier alpha value is -1.32. The number of primary amides is 1. The molecule has 0 aromatic carbocycles. The summed E-state index contributed by atoms with van der Waals surface area (Å²) in [4.78, 5) is 10.1. The lowest BCUT2D eigenvalue weighted by Crippen LogP contribution is -2.25. The second-order valence-corrected chi connectivity index (χ2v) is 1.82. The number of rotatable bonds is 3. The Kier molecular flexibility index (Phi) is 3.95. The van der Waals surface area contributed by atoms with Crippen molar-refractivity contribution >= 4 is 11.7 Å². The van der Waals surface area contributed by atoms with Crippen LogP contribution in [0.4, 0.5) is 4.79 Å². The number of amides is 2. The zero-order valence-corrected chi connectivity index (χ0v) is 5.92. The van der Waals surface area contributed by atoms with Crippen molar-refractivity contribution in [3.63, 3.8) is 0 Å². The zero-order chi connectivity index (χ0) is 7.98. The number of nitrogens with two attached hydrogens (primary N) is 1. The van der Waals surface area contributed by atoms with Gasteiger partial charge in [-0.25, -0.2) is 10.2 Å². The molecule has 0 heterocycles. The van der Waals surface area contributed by atoms with E-state index in [2.05, 4.69) is 17.1 Å². The Morgan fingerprint density at radius 2 is 2.50 bits per heavy atom. The quantitative estimate of drug-likeness (QED) is 0.337. The van der Waals surface area contributed by atoms with Gasteiger partial charge in [-0.1, -0.05) is 6.08 Å². The SMILES string of the molecule is C=CC/C(C)=N/NC(N)=O. The molecule has 56 valence electrons. The summed E-state index contributed by atoms with van der Waals surface area (Å²) in [6.45, 7) is 5.28. The summed E-state index contributed by atoms with van der Waals surface area (Å²) in [5.41, 5.74) is 7.64. The largest absolute Gasteiger partial charge is 0.350 e. The maximum Gasteiger partial charge on any atom is 0.332 e. The molecule has 0 saturated carbocycles. The number of carbonyl (C=O) groups is 1. The number of hydrogen-bond donors (Lipinski definition) is 2. The van der Waals surface area contributed by atoms with Crippen LogP contribution in [0.15, 0.2) is 17.8 Å². The van der Waals surface area contributed by atoms with Gasteiger partial charge >= 0.3 is 6.03 Å². The summed E-state index contributed by atoms with van der Waals surface area (Å²) in [5, 5.41) is 3.63. The van der Waals surface area contributed by atoms with Crippen LogP contribution >= 0.6 is 0 Å². The number of allylic oxidation sites excluding steroid dienone is 1. The fraction of sp³-hybridized carbons (Fsp3) is 0.333. The molecule has 0 rings (SSSR count). The van der Waals surface area contributed by atoms with Gasteiger partial charge in [-0.15, -0.1) is 6.58 Å². The molecule has 0 aliphatic rings. The van der Waals surface area contributed by atoms with Crippen LogP contribution in [-0.2, 0) is 0 Å². The molecule has 2 amide bonds. The summed E-state index contributed by atoms with van der Waals surface area (Å²) in [6.07, 6.45) is 2.35. The molecule has 4 heteroatoms. The predicted molar refractivity (Wildman–Crippen MR) is 40.6 cm³/mol. The van der Waals surface area contributed by atoms with Crippen molar-refractivity contribution in [3.8, 4) is 0 Å². The third kappa shape index (κ3) is 4.83. The summed E-state index contributed by atoms with van der Waals surface area (Å²) >= 11 is 0. The molecule has 0 aliphatic carbocycles. The smallest absolute Gasteiger partial charge is 0.332 e. The summed E-state index contributed by atoms with van der Waals surface area (Å²) < 4.78 is 0. The van der Waals surface area contributed by atoms with Gasteiger partial charge in [0.1, 0.15) is 0 Å². The van der Waals surface area contributed by atoms with E-state index >= 15 is 0 Å². The third-order valence-corrected chi connectivity index (χ3v) is 0.797. The maximum atomic E-state index is 10.1. The van der Waals surface area contributed by atoms with E-state index < -0.39 is 6.03 Å². The number of carbonyl (C=O) groups excluding carboxylic acids is 1. The van der Waals surface area contributed by atoms with E-state index in [1.807, 2.05) is 0 Å². The van der Waals surface area contributed by atoms with E-state index in [0.29, 0.717) is 6.42 Å². The van der Waals surface area contributed by atoms with Crippen LogP contribution < -0.4 is 11.2 Å². The average molecular weight is 141 g/mol. The second-order valence-electron chi connectivity index (χ2n) is 1.82. The molecule has 3 N–H and O–H groups in total. The van der Waals surface area contributed by atoms with E-state index in [0.717, 1.165) is 5.71 Å². The van der Waals surface area contributed by atoms with Crippen LogP contribution in [0.2, 0.25) is 0 Å². The number of nitrogens with one attached hydrogen (secondary N) is 1. The van der Waals surface area contributed by atoms with Crippen molar-refractivity contribution < 1.29 is 4.79 Å². The molecule has 0 aromatic heterocycles. The second kappa shape index (κ2) is 4.55. The third-order valence-electron chi connectivity index (χ3n) is 0.797. The first kappa shape index (κ1) is 8.68. The first-order valence-corrected chi connectivity index (χ1v) is 2.86. The molecule has 0 saturated heterocycles. The molecule has 10 heavy (non-hydrogen) atoms. The Morgan fingerprint density at radius 1 is 1.90 bits per heavy atom. The minimum atomic E-state index is -0.650. The molecule has 0 aliphatic heterocycles. The van der Waals surface area contributed by atoms with Gasteiger partial charge in [0, 0.05) is 12.1 Å². The minimum absolute atomic E-state index is 0.650. The summed E-state index contributed by atoms with van der Waals surface area (Å²) in [7, 11) is 0. The normalized spacial score (nSPS) is 10.7. The molecular formula is C6H11N3O. The summed E-state index contributed by atoms with van der Waals surface area (Å²) in [6, 6.07) is -0.650. The highest BCUT2D eigenvalue weighted by Crippen LogP contribution is 1.83. The van der Waals surface area contributed by atoms with Gasteiger partial charge < -0.3 is 5.73 Å². The Morgan fingerprint density at radius 3 is 2.90 bits per heavy atom. The molecule has 4 nitrogen and oxygen atoms in total. The highest BCUT2D eigenvalue weighted by Gasteiger charge is 1.87.